The maximum absolute atomic E-state index is 13.3. The number of nitrogens with zero attached hydrogens (tertiary/aromatic N) is 5. The van der Waals surface area contributed by atoms with Crippen molar-refractivity contribution in [2.75, 3.05) is 13.2 Å². The number of hydrogen-bond acceptors (Lipinski definition) is 7. The molecule has 170 valence electrons. The molecule has 0 bridgehead atoms. The van der Waals surface area contributed by atoms with Gasteiger partial charge in [0.05, 0.1) is 22.7 Å². The van der Waals surface area contributed by atoms with Crippen molar-refractivity contribution in [3.63, 3.8) is 0 Å². The minimum Gasteiger partial charge on any atom is -0.461 e. The van der Waals surface area contributed by atoms with Crippen LogP contribution in [0.5, 0.6) is 6.01 Å². The van der Waals surface area contributed by atoms with E-state index >= 15 is 0 Å². The van der Waals surface area contributed by atoms with Crippen molar-refractivity contribution < 1.29 is 27.1 Å². The van der Waals surface area contributed by atoms with Gasteiger partial charge in [-0.1, -0.05) is 11.6 Å². The van der Waals surface area contributed by atoms with Crippen LogP contribution in [0.2, 0.25) is 0 Å². The number of halogens is 3. The monoisotopic (exact) mass is 449 g/mol. The van der Waals surface area contributed by atoms with Crippen LogP contribution in [0.25, 0.3) is 11.5 Å². The Labute approximate surface area is 182 Å². The average Bonchev–Trinajstić information content (AvgIpc) is 3.18. The highest BCUT2D eigenvalue weighted by molar-refractivity contribution is 6.00. The molecule has 1 amide bonds. The van der Waals surface area contributed by atoms with Gasteiger partial charge >= 0.3 is 12.2 Å². The summed E-state index contributed by atoms with van der Waals surface area (Å²) in [5, 5.41) is 7.85. The number of alkyl halides is 3. The number of rotatable bonds is 7. The molecule has 0 saturated carbocycles. The molecule has 0 unspecified atom stereocenters. The summed E-state index contributed by atoms with van der Waals surface area (Å²) >= 11 is 0. The number of likely N-dealkylation sites (N-methyl/N-ethyl adjacent to an activating group) is 1. The van der Waals surface area contributed by atoms with Crippen LogP contribution >= 0.6 is 0 Å². The third kappa shape index (κ3) is 5.21. The lowest BCUT2D eigenvalue weighted by Gasteiger charge is -2.28. The van der Waals surface area contributed by atoms with Crippen molar-refractivity contribution in [3.8, 4) is 17.5 Å². The summed E-state index contributed by atoms with van der Waals surface area (Å²) in [6, 6.07) is 4.68. The topological polar surface area (TPSA) is 94.2 Å². The number of amides is 1. The molecule has 1 aromatic carbocycles. The van der Waals surface area contributed by atoms with E-state index in [1.807, 2.05) is 19.9 Å². The van der Waals surface area contributed by atoms with Gasteiger partial charge in [-0.2, -0.15) is 13.2 Å². The molecule has 11 heteroatoms. The van der Waals surface area contributed by atoms with Gasteiger partial charge in [-0.25, -0.2) is 9.97 Å². The lowest BCUT2D eigenvalue weighted by atomic mass is 10.0. The molecule has 0 saturated heterocycles. The van der Waals surface area contributed by atoms with Crippen molar-refractivity contribution in [3.05, 3.63) is 53.2 Å². The molecule has 0 aliphatic carbocycles. The van der Waals surface area contributed by atoms with E-state index in [0.29, 0.717) is 36.0 Å². The Bertz CT molecular complexity index is 1080. The summed E-state index contributed by atoms with van der Waals surface area (Å²) < 4.78 is 48.8. The van der Waals surface area contributed by atoms with Gasteiger partial charge in [0.2, 0.25) is 11.8 Å². The molecular formula is C21H22F3N5O3. The number of aryl methyl sites for hydroxylation is 2. The van der Waals surface area contributed by atoms with E-state index in [1.54, 1.807) is 30.9 Å². The molecule has 0 fully saturated rings. The zero-order chi connectivity index (χ0) is 23.5. The molecule has 1 atom stereocenters. The molecule has 3 aromatic rings. The Hall–Kier alpha value is -3.50. The van der Waals surface area contributed by atoms with Gasteiger partial charge in [-0.15, -0.1) is 10.2 Å². The van der Waals surface area contributed by atoms with Crippen molar-refractivity contribution in [1.29, 1.82) is 0 Å². The van der Waals surface area contributed by atoms with Gasteiger partial charge in [0.1, 0.15) is 6.61 Å². The van der Waals surface area contributed by atoms with E-state index in [2.05, 4.69) is 20.2 Å². The molecule has 0 N–H and O–H groups in total. The second-order valence-corrected chi connectivity index (χ2v) is 7.18. The van der Waals surface area contributed by atoms with Crippen LogP contribution in [0.1, 0.15) is 41.2 Å². The number of carbonyl (C=O) groups is 1. The Morgan fingerprint density at radius 1 is 1.19 bits per heavy atom. The van der Waals surface area contributed by atoms with Crippen LogP contribution in [-0.2, 0) is 6.18 Å². The van der Waals surface area contributed by atoms with Crippen molar-refractivity contribution in [2.24, 2.45) is 0 Å². The fraction of sp³-hybridized carbons (Fsp3) is 0.381. The maximum atomic E-state index is 13.3. The first-order chi connectivity index (χ1) is 15.1. The average molecular weight is 449 g/mol. The van der Waals surface area contributed by atoms with Crippen molar-refractivity contribution >= 4 is 5.91 Å². The SMILES string of the molecule is CCN(C(=O)c1ccc(C)cc1-c1nnc(C)o1)[C@@H](C)COc1ncc(C(F)(F)F)cn1. The molecule has 0 radical (unpaired) electrons. The van der Waals surface area contributed by atoms with Gasteiger partial charge in [0.25, 0.3) is 5.91 Å². The van der Waals surface area contributed by atoms with E-state index in [9.17, 15) is 18.0 Å². The standard InChI is InChI=1S/C21H22F3N5O3/c1-5-29(13(3)11-31-20-25-9-15(10-26-20)21(22,23)24)19(30)16-7-6-12(2)8-17(16)18-28-27-14(4)32-18/h6-10,13H,5,11H2,1-4H3/t13-/m0/s1. The molecule has 0 spiro atoms. The summed E-state index contributed by atoms with van der Waals surface area (Å²) in [5.41, 5.74) is 0.865. The molecule has 8 nitrogen and oxygen atoms in total. The lowest BCUT2D eigenvalue weighted by Crippen LogP contribution is -2.42. The number of benzene rings is 1. The molecule has 32 heavy (non-hydrogen) atoms. The largest absolute Gasteiger partial charge is 0.461 e. The van der Waals surface area contributed by atoms with Crippen molar-refractivity contribution in [2.45, 2.75) is 39.9 Å². The highest BCUT2D eigenvalue weighted by Gasteiger charge is 2.31. The fourth-order valence-corrected chi connectivity index (χ4v) is 3.06. The van der Waals surface area contributed by atoms with Crippen LogP contribution < -0.4 is 4.74 Å². The normalized spacial score (nSPS) is 12.5. The summed E-state index contributed by atoms with van der Waals surface area (Å²) in [4.78, 5) is 22.1. The van der Waals surface area contributed by atoms with Crippen LogP contribution in [0.15, 0.2) is 35.0 Å². The molecule has 0 aliphatic heterocycles. The minimum atomic E-state index is -4.53. The third-order valence-corrected chi connectivity index (χ3v) is 4.70. The number of ether oxygens (including phenoxy) is 1. The van der Waals surface area contributed by atoms with Gasteiger partial charge in [0.15, 0.2) is 0 Å². The number of hydrogen-bond donors (Lipinski definition) is 0. The van der Waals surface area contributed by atoms with Crippen LogP contribution in [0, 0.1) is 13.8 Å². The molecule has 2 aromatic heterocycles. The predicted molar refractivity (Wildman–Crippen MR) is 108 cm³/mol. The quantitative estimate of drug-likeness (QED) is 0.536. The fourth-order valence-electron chi connectivity index (χ4n) is 3.06. The van der Waals surface area contributed by atoms with Crippen LogP contribution in [-0.4, -0.2) is 50.2 Å². The highest BCUT2D eigenvalue weighted by atomic mass is 19.4. The van der Waals surface area contributed by atoms with Gasteiger partial charge in [-0.05, 0) is 32.9 Å². The zero-order valence-electron chi connectivity index (χ0n) is 18.0. The van der Waals surface area contributed by atoms with E-state index in [0.717, 1.165) is 5.56 Å². The highest BCUT2D eigenvalue weighted by Crippen LogP contribution is 2.28. The van der Waals surface area contributed by atoms with Crippen LogP contribution in [0.4, 0.5) is 13.2 Å². The molecule has 0 aliphatic rings. The smallest absolute Gasteiger partial charge is 0.419 e. The zero-order valence-corrected chi connectivity index (χ0v) is 18.0. The first-order valence-corrected chi connectivity index (χ1v) is 9.84. The minimum absolute atomic E-state index is 0.00813. The van der Waals surface area contributed by atoms with E-state index < -0.39 is 17.8 Å². The molecular weight excluding hydrogens is 427 g/mol. The van der Waals surface area contributed by atoms with E-state index in [4.69, 9.17) is 9.15 Å². The van der Waals surface area contributed by atoms with Gasteiger partial charge < -0.3 is 14.1 Å². The lowest BCUT2D eigenvalue weighted by molar-refractivity contribution is -0.138. The number of aromatic nitrogens is 4. The summed E-state index contributed by atoms with van der Waals surface area (Å²) in [7, 11) is 0. The summed E-state index contributed by atoms with van der Waals surface area (Å²) in [6.07, 6.45) is -3.22. The van der Waals surface area contributed by atoms with E-state index in [-0.39, 0.29) is 24.4 Å². The Morgan fingerprint density at radius 3 is 2.44 bits per heavy atom. The summed E-state index contributed by atoms with van der Waals surface area (Å²) in [5.74, 6) is 0.348. The maximum Gasteiger partial charge on any atom is 0.419 e. The predicted octanol–water partition coefficient (Wildman–Crippen LogP) is 4.09. The molecule has 3 rings (SSSR count). The second kappa shape index (κ2) is 9.33. The van der Waals surface area contributed by atoms with E-state index in [1.165, 1.54) is 0 Å². The van der Waals surface area contributed by atoms with Crippen molar-refractivity contribution in [1.82, 2.24) is 25.1 Å². The third-order valence-electron chi connectivity index (χ3n) is 4.70. The Balaban J connectivity index is 1.76. The van der Waals surface area contributed by atoms with Crippen LogP contribution in [0.3, 0.4) is 0 Å². The molecule has 2 heterocycles. The number of carbonyl (C=O) groups excluding carboxylic acids is 1. The van der Waals surface area contributed by atoms with Gasteiger partial charge in [-0.3, -0.25) is 4.79 Å². The first kappa shape index (κ1) is 23.2. The van der Waals surface area contributed by atoms with Gasteiger partial charge in [0, 0.05) is 25.9 Å². The first-order valence-electron chi connectivity index (χ1n) is 9.84. The summed E-state index contributed by atoms with van der Waals surface area (Å²) in [6.45, 7) is 7.48. The Morgan fingerprint density at radius 2 is 1.88 bits per heavy atom. The Kier molecular flexibility index (Phi) is 6.75. The second-order valence-electron chi connectivity index (χ2n) is 7.18.